The highest BCUT2D eigenvalue weighted by Crippen LogP contribution is 2.36. The maximum atomic E-state index is 12.6. The van der Waals surface area contributed by atoms with Gasteiger partial charge in [-0.3, -0.25) is 4.79 Å². The number of carbonyl (C=O) groups excluding carboxylic acids is 1. The first-order valence-electron chi connectivity index (χ1n) is 9.20. The summed E-state index contributed by atoms with van der Waals surface area (Å²) in [5, 5.41) is 6.83. The molecule has 1 aliphatic heterocycles. The SMILES string of the molecule is Cc1ccc2c(c1)[C@@H](c1ccccc1)N(C(=S)Nc1ccccc1)CC(=O)N2. The maximum Gasteiger partial charge on any atom is 0.244 e. The van der Waals surface area contributed by atoms with Crippen LogP contribution < -0.4 is 10.6 Å². The van der Waals surface area contributed by atoms with Crippen LogP contribution in [0, 0.1) is 6.92 Å². The molecule has 0 saturated carbocycles. The third-order valence-corrected chi connectivity index (χ3v) is 5.14. The summed E-state index contributed by atoms with van der Waals surface area (Å²) in [6.07, 6.45) is 0. The fourth-order valence-corrected chi connectivity index (χ4v) is 3.81. The number of aryl methyl sites for hydroxylation is 1. The smallest absolute Gasteiger partial charge is 0.244 e. The fourth-order valence-electron chi connectivity index (χ4n) is 3.53. The van der Waals surface area contributed by atoms with Gasteiger partial charge in [-0.15, -0.1) is 0 Å². The molecule has 0 spiro atoms. The predicted octanol–water partition coefficient (Wildman–Crippen LogP) is 4.74. The van der Waals surface area contributed by atoms with E-state index in [0.717, 1.165) is 28.1 Å². The number of nitrogens with zero attached hydrogens (tertiary/aromatic N) is 1. The Kier molecular flexibility index (Phi) is 5.08. The molecule has 140 valence electrons. The molecule has 4 rings (SSSR count). The van der Waals surface area contributed by atoms with Crippen molar-refractivity contribution in [2.24, 2.45) is 0 Å². The first-order valence-corrected chi connectivity index (χ1v) is 9.60. The van der Waals surface area contributed by atoms with Crippen molar-refractivity contribution in [3.8, 4) is 0 Å². The van der Waals surface area contributed by atoms with Crippen LogP contribution in [0.3, 0.4) is 0 Å². The van der Waals surface area contributed by atoms with Crippen molar-refractivity contribution in [2.75, 3.05) is 17.2 Å². The molecule has 0 saturated heterocycles. The molecule has 1 amide bonds. The lowest BCUT2D eigenvalue weighted by Crippen LogP contribution is -2.41. The molecule has 0 unspecified atom stereocenters. The zero-order valence-corrected chi connectivity index (χ0v) is 16.4. The van der Waals surface area contributed by atoms with Gasteiger partial charge in [0.15, 0.2) is 5.11 Å². The highest BCUT2D eigenvalue weighted by Gasteiger charge is 2.31. The largest absolute Gasteiger partial charge is 0.333 e. The quantitative estimate of drug-likeness (QED) is 0.624. The lowest BCUT2D eigenvalue weighted by atomic mass is 9.95. The first kappa shape index (κ1) is 18.2. The molecule has 0 bridgehead atoms. The van der Waals surface area contributed by atoms with Crippen molar-refractivity contribution in [3.05, 3.63) is 95.6 Å². The number of hydrogen-bond donors (Lipinski definition) is 2. The molecule has 0 aliphatic carbocycles. The molecule has 0 radical (unpaired) electrons. The molecule has 5 heteroatoms. The molecule has 3 aromatic carbocycles. The van der Waals surface area contributed by atoms with Gasteiger partial charge in [0.2, 0.25) is 5.91 Å². The van der Waals surface area contributed by atoms with Gasteiger partial charge < -0.3 is 15.5 Å². The third-order valence-electron chi connectivity index (χ3n) is 4.80. The topological polar surface area (TPSA) is 44.4 Å². The summed E-state index contributed by atoms with van der Waals surface area (Å²) in [6, 6.07) is 25.9. The van der Waals surface area contributed by atoms with Gasteiger partial charge in [0, 0.05) is 16.9 Å². The maximum absolute atomic E-state index is 12.6. The molecular formula is C23H21N3OS. The molecule has 28 heavy (non-hydrogen) atoms. The van der Waals surface area contributed by atoms with Crippen LogP contribution in [0.25, 0.3) is 0 Å². The van der Waals surface area contributed by atoms with Crippen LogP contribution in [-0.4, -0.2) is 22.5 Å². The summed E-state index contributed by atoms with van der Waals surface area (Å²) in [4.78, 5) is 14.6. The third kappa shape index (κ3) is 3.75. The molecule has 1 atom stereocenters. The Labute approximate surface area is 170 Å². The average molecular weight is 388 g/mol. The predicted molar refractivity (Wildman–Crippen MR) is 117 cm³/mol. The molecule has 0 aromatic heterocycles. The van der Waals surface area contributed by atoms with Gasteiger partial charge >= 0.3 is 0 Å². The number of amides is 1. The summed E-state index contributed by atoms with van der Waals surface area (Å²) in [5.41, 5.74) is 4.98. The van der Waals surface area contributed by atoms with Crippen molar-refractivity contribution >= 4 is 34.6 Å². The Morgan fingerprint density at radius 3 is 2.43 bits per heavy atom. The number of para-hydroxylation sites is 1. The van der Waals surface area contributed by atoms with Crippen LogP contribution in [0.1, 0.15) is 22.7 Å². The van der Waals surface area contributed by atoms with E-state index in [1.165, 1.54) is 0 Å². The Morgan fingerprint density at radius 2 is 1.71 bits per heavy atom. The number of benzene rings is 3. The zero-order chi connectivity index (χ0) is 19.5. The lowest BCUT2D eigenvalue weighted by Gasteiger charge is -2.33. The van der Waals surface area contributed by atoms with E-state index in [-0.39, 0.29) is 18.5 Å². The van der Waals surface area contributed by atoms with Gasteiger partial charge in [-0.05, 0) is 42.9 Å². The van der Waals surface area contributed by atoms with Crippen molar-refractivity contribution in [1.29, 1.82) is 0 Å². The van der Waals surface area contributed by atoms with Gasteiger partial charge in [0.05, 0.1) is 6.04 Å². The zero-order valence-electron chi connectivity index (χ0n) is 15.6. The van der Waals surface area contributed by atoms with Crippen LogP contribution in [0.4, 0.5) is 11.4 Å². The Hall–Kier alpha value is -3.18. The second kappa shape index (κ2) is 7.82. The normalized spacial score (nSPS) is 16.0. The Morgan fingerprint density at radius 1 is 1.04 bits per heavy atom. The summed E-state index contributed by atoms with van der Waals surface area (Å²) in [6.45, 7) is 2.23. The first-order chi connectivity index (χ1) is 13.6. The summed E-state index contributed by atoms with van der Waals surface area (Å²) in [7, 11) is 0. The van der Waals surface area contributed by atoms with Crippen molar-refractivity contribution in [3.63, 3.8) is 0 Å². The molecular weight excluding hydrogens is 366 g/mol. The van der Waals surface area contributed by atoms with Gasteiger partial charge in [-0.2, -0.15) is 0 Å². The number of nitrogens with one attached hydrogen (secondary N) is 2. The van der Waals surface area contributed by atoms with Gasteiger partial charge in [0.1, 0.15) is 6.54 Å². The molecule has 1 heterocycles. The van der Waals surface area contributed by atoms with Crippen LogP contribution in [0.5, 0.6) is 0 Å². The number of hydrogen-bond acceptors (Lipinski definition) is 2. The summed E-state index contributed by atoms with van der Waals surface area (Å²) in [5.74, 6) is -0.0826. The summed E-state index contributed by atoms with van der Waals surface area (Å²) < 4.78 is 0. The summed E-state index contributed by atoms with van der Waals surface area (Å²) >= 11 is 5.74. The lowest BCUT2D eigenvalue weighted by molar-refractivity contribution is -0.116. The number of anilines is 2. The minimum absolute atomic E-state index is 0.0826. The van der Waals surface area contributed by atoms with E-state index >= 15 is 0 Å². The molecule has 1 aliphatic rings. The minimum atomic E-state index is -0.168. The number of fused-ring (bicyclic) bond motifs is 1. The standard InChI is InChI=1S/C23H21N3OS/c1-16-12-13-20-19(14-16)22(17-8-4-2-5-9-17)26(15-21(27)25-20)23(28)24-18-10-6-3-7-11-18/h2-14,22H,15H2,1H3,(H,24,28)(H,25,27)/t22-/m1/s1. The highest BCUT2D eigenvalue weighted by molar-refractivity contribution is 7.80. The van der Waals surface area contributed by atoms with E-state index in [2.05, 4.69) is 35.8 Å². The van der Waals surface area contributed by atoms with Crippen molar-refractivity contribution < 1.29 is 4.79 Å². The van der Waals surface area contributed by atoms with E-state index in [1.54, 1.807) is 0 Å². The Bertz CT molecular complexity index is 1000. The monoisotopic (exact) mass is 387 g/mol. The second-order valence-corrected chi connectivity index (χ2v) is 7.26. The van der Waals surface area contributed by atoms with E-state index in [9.17, 15) is 4.79 Å². The minimum Gasteiger partial charge on any atom is -0.333 e. The highest BCUT2D eigenvalue weighted by atomic mass is 32.1. The van der Waals surface area contributed by atoms with Crippen LogP contribution in [0.2, 0.25) is 0 Å². The van der Waals surface area contributed by atoms with E-state index in [1.807, 2.05) is 65.6 Å². The molecule has 3 aromatic rings. The van der Waals surface area contributed by atoms with Crippen LogP contribution in [0.15, 0.2) is 78.9 Å². The van der Waals surface area contributed by atoms with E-state index in [0.29, 0.717) is 5.11 Å². The van der Waals surface area contributed by atoms with Gasteiger partial charge in [-0.1, -0.05) is 66.2 Å². The van der Waals surface area contributed by atoms with Gasteiger partial charge in [0.25, 0.3) is 0 Å². The van der Waals surface area contributed by atoms with Gasteiger partial charge in [-0.25, -0.2) is 0 Å². The fraction of sp³-hybridized carbons (Fsp3) is 0.130. The molecule has 0 fully saturated rings. The molecule has 4 nitrogen and oxygen atoms in total. The second-order valence-electron chi connectivity index (χ2n) is 6.88. The van der Waals surface area contributed by atoms with E-state index in [4.69, 9.17) is 12.2 Å². The number of thiocarbonyl (C=S) groups is 1. The van der Waals surface area contributed by atoms with E-state index < -0.39 is 0 Å². The Balaban J connectivity index is 1.80. The van der Waals surface area contributed by atoms with Crippen molar-refractivity contribution in [2.45, 2.75) is 13.0 Å². The van der Waals surface area contributed by atoms with Crippen molar-refractivity contribution in [1.82, 2.24) is 4.90 Å². The van der Waals surface area contributed by atoms with Crippen LogP contribution in [-0.2, 0) is 4.79 Å². The average Bonchev–Trinajstić information content (AvgIpc) is 2.85. The van der Waals surface area contributed by atoms with Crippen LogP contribution >= 0.6 is 12.2 Å². The number of rotatable bonds is 2. The number of carbonyl (C=O) groups is 1. The molecule has 2 N–H and O–H groups in total.